The van der Waals surface area contributed by atoms with Crippen molar-refractivity contribution in [3.8, 4) is 0 Å². The largest absolute Gasteiger partial charge is 0.318 e. The van der Waals surface area contributed by atoms with Gasteiger partial charge in [0.25, 0.3) is 0 Å². The Balaban J connectivity index is 2.40. The number of nitrogens with zero attached hydrogens (tertiary/aromatic N) is 1. The molecular formula is C10H22N2. The zero-order chi connectivity index (χ0) is 8.97. The predicted molar refractivity (Wildman–Crippen MR) is 52.9 cm³/mol. The molecule has 0 amide bonds. The van der Waals surface area contributed by atoms with E-state index in [0.29, 0.717) is 6.04 Å². The molecule has 1 rings (SSSR count). The Labute approximate surface area is 76.1 Å². The fraction of sp³-hybridized carbons (Fsp3) is 1.00. The van der Waals surface area contributed by atoms with Gasteiger partial charge in [-0.1, -0.05) is 19.3 Å². The minimum absolute atomic E-state index is 0.609. The Morgan fingerprint density at radius 2 is 1.83 bits per heavy atom. The molecule has 0 aromatic rings. The summed E-state index contributed by atoms with van der Waals surface area (Å²) in [6.07, 6.45) is 6.93. The van der Waals surface area contributed by atoms with Crippen molar-refractivity contribution in [1.82, 2.24) is 4.90 Å². The maximum absolute atomic E-state index is 5.73. The molecule has 0 heterocycles. The van der Waals surface area contributed by atoms with Crippen molar-refractivity contribution in [2.24, 2.45) is 5.73 Å². The van der Waals surface area contributed by atoms with Gasteiger partial charge in [-0.05, 0) is 26.7 Å². The third kappa shape index (κ3) is 2.46. The van der Waals surface area contributed by atoms with Gasteiger partial charge in [0.2, 0.25) is 0 Å². The lowest BCUT2D eigenvalue weighted by atomic mass is 9.94. The van der Waals surface area contributed by atoms with E-state index in [4.69, 9.17) is 5.73 Å². The molecule has 1 aliphatic carbocycles. The zero-order valence-corrected chi connectivity index (χ0v) is 8.42. The fourth-order valence-corrected chi connectivity index (χ4v) is 2.19. The van der Waals surface area contributed by atoms with Crippen molar-refractivity contribution in [2.75, 3.05) is 6.67 Å². The van der Waals surface area contributed by atoms with Crippen LogP contribution in [0.3, 0.4) is 0 Å². The van der Waals surface area contributed by atoms with Crippen molar-refractivity contribution in [3.63, 3.8) is 0 Å². The van der Waals surface area contributed by atoms with Crippen molar-refractivity contribution in [2.45, 2.75) is 58.0 Å². The van der Waals surface area contributed by atoms with E-state index < -0.39 is 0 Å². The van der Waals surface area contributed by atoms with Crippen molar-refractivity contribution in [3.05, 3.63) is 0 Å². The molecule has 0 spiro atoms. The lowest BCUT2D eigenvalue weighted by Crippen LogP contribution is -2.44. The first kappa shape index (κ1) is 10.0. The van der Waals surface area contributed by atoms with Crippen LogP contribution in [0.1, 0.15) is 46.0 Å². The minimum Gasteiger partial charge on any atom is -0.318 e. The highest BCUT2D eigenvalue weighted by Crippen LogP contribution is 2.23. The number of nitrogens with two attached hydrogens (primary N) is 1. The van der Waals surface area contributed by atoms with Gasteiger partial charge in [-0.25, -0.2) is 0 Å². The molecule has 0 aromatic heterocycles. The molecule has 0 saturated heterocycles. The van der Waals surface area contributed by atoms with Crippen LogP contribution in [-0.4, -0.2) is 23.7 Å². The van der Waals surface area contributed by atoms with Crippen LogP contribution in [0.4, 0.5) is 0 Å². The highest BCUT2D eigenvalue weighted by molar-refractivity contribution is 4.76. The molecule has 72 valence electrons. The van der Waals surface area contributed by atoms with E-state index in [0.717, 1.165) is 12.7 Å². The molecule has 1 fully saturated rings. The molecule has 0 unspecified atom stereocenters. The molecule has 2 heteroatoms. The van der Waals surface area contributed by atoms with Crippen LogP contribution in [0.2, 0.25) is 0 Å². The molecule has 0 bridgehead atoms. The van der Waals surface area contributed by atoms with Gasteiger partial charge in [0.15, 0.2) is 0 Å². The Kier molecular flexibility index (Phi) is 4.02. The van der Waals surface area contributed by atoms with Crippen LogP contribution >= 0.6 is 0 Å². The molecule has 12 heavy (non-hydrogen) atoms. The van der Waals surface area contributed by atoms with E-state index in [1.807, 2.05) is 0 Å². The van der Waals surface area contributed by atoms with Crippen LogP contribution in [0.15, 0.2) is 0 Å². The second kappa shape index (κ2) is 4.83. The summed E-state index contributed by atoms with van der Waals surface area (Å²) < 4.78 is 0. The van der Waals surface area contributed by atoms with Crippen LogP contribution in [0.25, 0.3) is 0 Å². The number of hydrogen-bond donors (Lipinski definition) is 1. The minimum atomic E-state index is 0.609. The Hall–Kier alpha value is -0.0800. The Bertz CT molecular complexity index is 117. The monoisotopic (exact) mass is 170 g/mol. The van der Waals surface area contributed by atoms with E-state index >= 15 is 0 Å². The molecular weight excluding hydrogens is 148 g/mol. The SMILES string of the molecule is CC(C)N(CN)C1CCCCC1. The third-order valence-electron chi connectivity index (χ3n) is 2.92. The molecule has 0 aliphatic heterocycles. The van der Waals surface area contributed by atoms with Crippen molar-refractivity contribution < 1.29 is 0 Å². The third-order valence-corrected chi connectivity index (χ3v) is 2.92. The predicted octanol–water partition coefficient (Wildman–Crippen LogP) is 1.95. The van der Waals surface area contributed by atoms with Gasteiger partial charge in [-0.2, -0.15) is 0 Å². The first-order valence-corrected chi connectivity index (χ1v) is 5.21. The van der Waals surface area contributed by atoms with Gasteiger partial charge >= 0.3 is 0 Å². The highest BCUT2D eigenvalue weighted by Gasteiger charge is 2.21. The van der Waals surface area contributed by atoms with Crippen LogP contribution < -0.4 is 5.73 Å². The van der Waals surface area contributed by atoms with Crippen LogP contribution in [0, 0.1) is 0 Å². The van der Waals surface area contributed by atoms with E-state index in [1.165, 1.54) is 32.1 Å². The van der Waals surface area contributed by atoms with Crippen molar-refractivity contribution >= 4 is 0 Å². The lowest BCUT2D eigenvalue weighted by Gasteiger charge is -2.36. The van der Waals surface area contributed by atoms with Crippen molar-refractivity contribution in [1.29, 1.82) is 0 Å². The molecule has 0 atom stereocenters. The molecule has 2 N–H and O–H groups in total. The molecule has 0 aromatic carbocycles. The number of rotatable bonds is 3. The second-order valence-corrected chi connectivity index (χ2v) is 4.08. The van der Waals surface area contributed by atoms with E-state index in [1.54, 1.807) is 0 Å². The summed E-state index contributed by atoms with van der Waals surface area (Å²) in [7, 11) is 0. The average Bonchev–Trinajstić information content (AvgIpc) is 2.07. The summed E-state index contributed by atoms with van der Waals surface area (Å²) in [6.45, 7) is 5.20. The van der Waals surface area contributed by atoms with Gasteiger partial charge in [-0.15, -0.1) is 0 Å². The fourth-order valence-electron chi connectivity index (χ4n) is 2.19. The molecule has 0 radical (unpaired) electrons. The maximum Gasteiger partial charge on any atom is 0.0460 e. The topological polar surface area (TPSA) is 29.3 Å². The first-order chi connectivity index (χ1) is 5.75. The summed E-state index contributed by atoms with van der Waals surface area (Å²) in [5, 5.41) is 0. The Morgan fingerprint density at radius 1 is 1.25 bits per heavy atom. The zero-order valence-electron chi connectivity index (χ0n) is 8.42. The van der Waals surface area contributed by atoms with Crippen LogP contribution in [0.5, 0.6) is 0 Å². The van der Waals surface area contributed by atoms with Gasteiger partial charge in [0.05, 0.1) is 0 Å². The van der Waals surface area contributed by atoms with E-state index in [9.17, 15) is 0 Å². The smallest absolute Gasteiger partial charge is 0.0460 e. The molecule has 2 nitrogen and oxygen atoms in total. The van der Waals surface area contributed by atoms with E-state index in [-0.39, 0.29) is 0 Å². The highest BCUT2D eigenvalue weighted by atomic mass is 15.2. The van der Waals surface area contributed by atoms with E-state index in [2.05, 4.69) is 18.7 Å². The first-order valence-electron chi connectivity index (χ1n) is 5.21. The maximum atomic E-state index is 5.73. The van der Waals surface area contributed by atoms with Gasteiger partial charge < -0.3 is 5.73 Å². The summed E-state index contributed by atoms with van der Waals surface area (Å²) in [6, 6.07) is 1.38. The Morgan fingerprint density at radius 3 is 2.25 bits per heavy atom. The summed E-state index contributed by atoms with van der Waals surface area (Å²) in [5.74, 6) is 0. The summed E-state index contributed by atoms with van der Waals surface area (Å²) >= 11 is 0. The average molecular weight is 170 g/mol. The molecule has 1 saturated carbocycles. The van der Waals surface area contributed by atoms with Gasteiger partial charge in [0.1, 0.15) is 0 Å². The normalized spacial score (nSPS) is 20.8. The summed E-state index contributed by atoms with van der Waals surface area (Å²) in [5.41, 5.74) is 5.73. The lowest BCUT2D eigenvalue weighted by molar-refractivity contribution is 0.124. The quantitative estimate of drug-likeness (QED) is 0.656. The standard InChI is InChI=1S/C10H22N2/c1-9(2)12(8-11)10-6-4-3-5-7-10/h9-10H,3-8,11H2,1-2H3. The number of hydrogen-bond acceptors (Lipinski definition) is 2. The second-order valence-electron chi connectivity index (χ2n) is 4.08. The van der Waals surface area contributed by atoms with Gasteiger partial charge in [-0.3, -0.25) is 4.90 Å². The van der Waals surface area contributed by atoms with Gasteiger partial charge in [0, 0.05) is 18.8 Å². The summed E-state index contributed by atoms with van der Waals surface area (Å²) in [4.78, 5) is 2.43. The van der Waals surface area contributed by atoms with Crippen LogP contribution in [-0.2, 0) is 0 Å². The molecule has 1 aliphatic rings.